The lowest BCUT2D eigenvalue weighted by Gasteiger charge is -2.14. The number of aryl methyl sites for hydroxylation is 1. The topological polar surface area (TPSA) is 45.7 Å². The Labute approximate surface area is 165 Å². The van der Waals surface area contributed by atoms with Crippen molar-refractivity contribution in [3.05, 3.63) is 70.5 Å². The number of guanidine groups is 1. The molecule has 25 heavy (non-hydrogen) atoms. The van der Waals surface area contributed by atoms with E-state index in [9.17, 15) is 4.39 Å². The van der Waals surface area contributed by atoms with Gasteiger partial charge in [0, 0.05) is 32.8 Å². The van der Waals surface area contributed by atoms with Crippen LogP contribution in [0.15, 0.2) is 47.5 Å². The summed E-state index contributed by atoms with van der Waals surface area (Å²) in [5.41, 5.74) is 4.00. The molecule has 0 unspecified atom stereocenters. The summed E-state index contributed by atoms with van der Waals surface area (Å²) in [6, 6.07) is 13.3. The van der Waals surface area contributed by atoms with Gasteiger partial charge in [-0.1, -0.05) is 30.3 Å². The molecule has 0 atom stereocenters. The minimum Gasteiger partial charge on any atom is -0.380 e. The van der Waals surface area contributed by atoms with Crippen molar-refractivity contribution in [1.82, 2.24) is 10.6 Å². The first-order valence-corrected chi connectivity index (χ1v) is 7.89. The third-order valence-corrected chi connectivity index (χ3v) is 3.80. The average molecular weight is 457 g/mol. The SMILES string of the molecule is CN=C(NCc1ccc(F)c(COC)c1)NCc1ccccc1C.I. The minimum atomic E-state index is -0.248. The molecule has 0 aliphatic rings. The summed E-state index contributed by atoms with van der Waals surface area (Å²) < 4.78 is 18.6. The van der Waals surface area contributed by atoms with Crippen LogP contribution >= 0.6 is 24.0 Å². The Morgan fingerprint density at radius 1 is 1.08 bits per heavy atom. The first kappa shape index (κ1) is 21.4. The molecule has 0 aliphatic heterocycles. The quantitative estimate of drug-likeness (QED) is 0.395. The fourth-order valence-corrected chi connectivity index (χ4v) is 2.40. The summed E-state index contributed by atoms with van der Waals surface area (Å²) >= 11 is 0. The van der Waals surface area contributed by atoms with Crippen molar-refractivity contribution in [3.8, 4) is 0 Å². The van der Waals surface area contributed by atoms with Crippen molar-refractivity contribution >= 4 is 29.9 Å². The van der Waals surface area contributed by atoms with Crippen LogP contribution in [0.3, 0.4) is 0 Å². The van der Waals surface area contributed by atoms with Crippen LogP contribution in [0, 0.1) is 12.7 Å². The Kier molecular flexibility index (Phi) is 9.44. The van der Waals surface area contributed by atoms with Crippen molar-refractivity contribution in [2.45, 2.75) is 26.6 Å². The molecule has 0 bridgehead atoms. The molecule has 2 rings (SSSR count). The van der Waals surface area contributed by atoms with Gasteiger partial charge in [-0.3, -0.25) is 4.99 Å². The smallest absolute Gasteiger partial charge is 0.191 e. The molecule has 2 aromatic rings. The monoisotopic (exact) mass is 457 g/mol. The van der Waals surface area contributed by atoms with Gasteiger partial charge in [0.25, 0.3) is 0 Å². The summed E-state index contributed by atoms with van der Waals surface area (Å²) in [4.78, 5) is 4.22. The number of rotatable bonds is 6. The molecule has 0 saturated heterocycles. The molecular weight excluding hydrogens is 432 g/mol. The Hall–Kier alpha value is -1.67. The molecule has 2 aromatic carbocycles. The molecule has 0 fully saturated rings. The standard InChI is InChI=1S/C19H24FN3O.HI/c1-14-6-4-5-7-16(14)12-23-19(21-2)22-11-15-8-9-18(20)17(10-15)13-24-3;/h4-10H,11-13H2,1-3H3,(H2,21,22,23);1H. The van der Waals surface area contributed by atoms with Crippen molar-refractivity contribution in [2.75, 3.05) is 14.2 Å². The van der Waals surface area contributed by atoms with Crippen LogP contribution in [-0.2, 0) is 24.4 Å². The molecule has 136 valence electrons. The van der Waals surface area contributed by atoms with Gasteiger partial charge in [0.15, 0.2) is 5.96 Å². The van der Waals surface area contributed by atoms with Gasteiger partial charge in [0.2, 0.25) is 0 Å². The minimum absolute atomic E-state index is 0. The second kappa shape index (κ2) is 11.0. The fourth-order valence-electron chi connectivity index (χ4n) is 2.40. The number of aliphatic imine (C=N–C) groups is 1. The Morgan fingerprint density at radius 2 is 1.80 bits per heavy atom. The fraction of sp³-hybridized carbons (Fsp3) is 0.316. The predicted octanol–water partition coefficient (Wildman–Crippen LogP) is 3.76. The van der Waals surface area contributed by atoms with Gasteiger partial charge in [0.1, 0.15) is 5.82 Å². The van der Waals surface area contributed by atoms with Gasteiger partial charge in [0.05, 0.1) is 6.61 Å². The highest BCUT2D eigenvalue weighted by atomic mass is 127. The molecule has 0 aliphatic carbocycles. The molecule has 6 heteroatoms. The zero-order chi connectivity index (χ0) is 17.4. The number of nitrogens with zero attached hydrogens (tertiary/aromatic N) is 1. The summed E-state index contributed by atoms with van der Waals surface area (Å²) in [6.45, 7) is 3.61. The van der Waals surface area contributed by atoms with E-state index in [2.05, 4.69) is 34.7 Å². The van der Waals surface area contributed by atoms with E-state index in [-0.39, 0.29) is 36.4 Å². The van der Waals surface area contributed by atoms with Gasteiger partial charge in [-0.05, 0) is 35.7 Å². The van der Waals surface area contributed by atoms with Crippen molar-refractivity contribution < 1.29 is 9.13 Å². The number of ether oxygens (including phenoxy) is 1. The first-order chi connectivity index (χ1) is 11.6. The van der Waals surface area contributed by atoms with Gasteiger partial charge in [-0.2, -0.15) is 0 Å². The molecular formula is C19H25FIN3O. The average Bonchev–Trinajstić information content (AvgIpc) is 2.59. The van der Waals surface area contributed by atoms with Crippen LogP contribution in [0.5, 0.6) is 0 Å². The summed E-state index contributed by atoms with van der Waals surface area (Å²) in [6.07, 6.45) is 0. The maximum atomic E-state index is 13.6. The normalized spacial score (nSPS) is 11.0. The maximum absolute atomic E-state index is 13.6. The van der Waals surface area contributed by atoms with E-state index in [1.807, 2.05) is 12.1 Å². The highest BCUT2D eigenvalue weighted by molar-refractivity contribution is 14.0. The van der Waals surface area contributed by atoms with Crippen LogP contribution in [0.2, 0.25) is 0 Å². The number of nitrogens with one attached hydrogen (secondary N) is 2. The lowest BCUT2D eigenvalue weighted by atomic mass is 10.1. The Morgan fingerprint density at radius 3 is 2.48 bits per heavy atom. The van der Waals surface area contributed by atoms with E-state index in [0.29, 0.717) is 24.6 Å². The van der Waals surface area contributed by atoms with Gasteiger partial charge >= 0.3 is 0 Å². The van der Waals surface area contributed by atoms with Crippen LogP contribution in [0.1, 0.15) is 22.3 Å². The number of hydrogen-bond acceptors (Lipinski definition) is 2. The number of methoxy groups -OCH3 is 1. The lowest BCUT2D eigenvalue weighted by molar-refractivity contribution is 0.181. The number of halogens is 2. The largest absolute Gasteiger partial charge is 0.380 e. The summed E-state index contributed by atoms with van der Waals surface area (Å²) in [7, 11) is 3.29. The van der Waals surface area contributed by atoms with E-state index in [4.69, 9.17) is 4.74 Å². The van der Waals surface area contributed by atoms with Gasteiger partial charge < -0.3 is 15.4 Å². The first-order valence-electron chi connectivity index (χ1n) is 7.89. The Balaban J connectivity index is 0.00000312. The van der Waals surface area contributed by atoms with E-state index < -0.39 is 0 Å². The predicted molar refractivity (Wildman–Crippen MR) is 111 cm³/mol. The van der Waals surface area contributed by atoms with E-state index in [1.165, 1.54) is 17.2 Å². The molecule has 0 saturated carbocycles. The van der Waals surface area contributed by atoms with E-state index in [0.717, 1.165) is 5.56 Å². The third-order valence-electron chi connectivity index (χ3n) is 3.80. The molecule has 0 spiro atoms. The lowest BCUT2D eigenvalue weighted by Crippen LogP contribution is -2.36. The highest BCUT2D eigenvalue weighted by Crippen LogP contribution is 2.11. The summed E-state index contributed by atoms with van der Waals surface area (Å²) in [5, 5.41) is 6.53. The Bertz CT molecular complexity index is 707. The zero-order valence-corrected chi connectivity index (χ0v) is 17.1. The molecule has 0 aromatic heterocycles. The van der Waals surface area contributed by atoms with Crippen LogP contribution in [0.4, 0.5) is 4.39 Å². The van der Waals surface area contributed by atoms with Gasteiger partial charge in [-0.15, -0.1) is 24.0 Å². The second-order valence-corrected chi connectivity index (χ2v) is 5.56. The van der Waals surface area contributed by atoms with Gasteiger partial charge in [-0.25, -0.2) is 4.39 Å². The van der Waals surface area contributed by atoms with Crippen molar-refractivity contribution in [1.29, 1.82) is 0 Å². The van der Waals surface area contributed by atoms with Crippen molar-refractivity contribution in [2.24, 2.45) is 4.99 Å². The second-order valence-electron chi connectivity index (χ2n) is 5.56. The van der Waals surface area contributed by atoms with Crippen LogP contribution in [-0.4, -0.2) is 20.1 Å². The summed E-state index contributed by atoms with van der Waals surface area (Å²) in [5.74, 6) is 0.457. The van der Waals surface area contributed by atoms with E-state index in [1.54, 1.807) is 26.3 Å². The van der Waals surface area contributed by atoms with Crippen LogP contribution in [0.25, 0.3) is 0 Å². The van der Waals surface area contributed by atoms with Crippen molar-refractivity contribution in [3.63, 3.8) is 0 Å². The highest BCUT2D eigenvalue weighted by Gasteiger charge is 2.05. The molecule has 0 amide bonds. The maximum Gasteiger partial charge on any atom is 0.191 e. The molecule has 4 nitrogen and oxygen atoms in total. The third kappa shape index (κ3) is 6.62. The molecule has 2 N–H and O–H groups in total. The molecule has 0 radical (unpaired) electrons. The molecule has 0 heterocycles. The van der Waals surface area contributed by atoms with E-state index >= 15 is 0 Å². The number of benzene rings is 2. The zero-order valence-electron chi connectivity index (χ0n) is 14.8. The number of hydrogen-bond donors (Lipinski definition) is 2. The van der Waals surface area contributed by atoms with Crippen LogP contribution < -0.4 is 10.6 Å².